The molecule has 114 valence electrons. The average molecular weight is 295 g/mol. The van der Waals surface area contributed by atoms with Crippen molar-refractivity contribution in [3.8, 4) is 0 Å². The molecule has 0 saturated heterocycles. The highest BCUT2D eigenvalue weighted by Gasteiger charge is 2.24. The van der Waals surface area contributed by atoms with Crippen LogP contribution < -0.4 is 24.8 Å². The van der Waals surface area contributed by atoms with Crippen LogP contribution in [0.2, 0.25) is 0 Å². The van der Waals surface area contributed by atoms with Gasteiger partial charge in [0.1, 0.15) is 0 Å². The third kappa shape index (κ3) is 2.73. The highest BCUT2D eigenvalue weighted by atomic mass is 28.1. The quantitative estimate of drug-likeness (QED) is 0.738. The summed E-state index contributed by atoms with van der Waals surface area (Å²) in [5.74, 6) is 0. The minimum atomic E-state index is 1.04. The minimum absolute atomic E-state index is 1.04. The number of nitrogens with zero attached hydrogens (tertiary/aromatic N) is 4. The number of hydrogen-bond donors (Lipinski definition) is 0. The van der Waals surface area contributed by atoms with Gasteiger partial charge < -0.3 is 19.6 Å². The minimum Gasteiger partial charge on any atom is -0.376 e. The van der Waals surface area contributed by atoms with Gasteiger partial charge in [-0.25, -0.2) is 0 Å². The summed E-state index contributed by atoms with van der Waals surface area (Å²) in [5, 5.41) is 1.48. The fourth-order valence-electron chi connectivity index (χ4n) is 2.88. The molecule has 0 amide bonds. The molecule has 1 aromatic rings. The van der Waals surface area contributed by atoms with E-state index >= 15 is 0 Å². The molecule has 0 aliphatic carbocycles. The van der Waals surface area contributed by atoms with Crippen molar-refractivity contribution in [3.63, 3.8) is 0 Å². The summed E-state index contributed by atoms with van der Waals surface area (Å²) in [6.45, 7) is 2.25. The molecule has 5 heteroatoms. The summed E-state index contributed by atoms with van der Waals surface area (Å²) in [5.41, 5.74) is 6.68. The molecule has 0 spiro atoms. The maximum absolute atomic E-state index is 2.25. The van der Waals surface area contributed by atoms with Gasteiger partial charge in [-0.1, -0.05) is 0 Å². The van der Waals surface area contributed by atoms with Crippen molar-refractivity contribution in [2.45, 2.75) is 6.92 Å². The fourth-order valence-corrected chi connectivity index (χ4v) is 3.80. The van der Waals surface area contributed by atoms with Gasteiger partial charge in [-0.3, -0.25) is 0 Å². The molecule has 0 atom stereocenters. The first kappa shape index (κ1) is 16.7. The average Bonchev–Trinajstić information content (AvgIpc) is 2.29. The monoisotopic (exact) mass is 294 g/mol. The highest BCUT2D eigenvalue weighted by Crippen LogP contribution is 2.43. The third-order valence-electron chi connectivity index (χ3n) is 3.73. The molecule has 0 unspecified atom stereocenters. The smallest absolute Gasteiger partial charge is 0.0860 e. The van der Waals surface area contributed by atoms with E-state index in [1.807, 2.05) is 0 Å². The molecule has 0 bridgehead atoms. The predicted octanol–water partition coefficient (Wildman–Crippen LogP) is 0.250. The maximum atomic E-state index is 2.25. The summed E-state index contributed by atoms with van der Waals surface area (Å²) in [7, 11) is 18.1. The molecule has 0 N–H and O–H groups in total. The molecular weight excluding hydrogens is 264 g/mol. The fraction of sp³-hybridized carbons (Fsp3) is 0.600. The van der Waals surface area contributed by atoms with Crippen LogP contribution in [0.15, 0.2) is 0 Å². The molecule has 0 fully saturated rings. The van der Waals surface area contributed by atoms with Crippen molar-refractivity contribution in [2.75, 3.05) is 76.0 Å². The van der Waals surface area contributed by atoms with Gasteiger partial charge in [-0.05, 0) is 17.7 Å². The topological polar surface area (TPSA) is 13.0 Å². The van der Waals surface area contributed by atoms with Crippen LogP contribution in [-0.4, -0.2) is 66.6 Å². The van der Waals surface area contributed by atoms with E-state index < -0.39 is 0 Å². The van der Waals surface area contributed by atoms with Gasteiger partial charge in [-0.15, -0.1) is 0 Å². The van der Waals surface area contributed by atoms with Crippen molar-refractivity contribution in [1.82, 2.24) is 0 Å². The first-order valence-corrected chi connectivity index (χ1v) is 7.97. The second kappa shape index (κ2) is 5.95. The lowest BCUT2D eigenvalue weighted by Crippen LogP contribution is -2.31. The van der Waals surface area contributed by atoms with Gasteiger partial charge in [-0.2, -0.15) is 0 Å². The molecule has 4 nitrogen and oxygen atoms in total. The molecule has 20 heavy (non-hydrogen) atoms. The third-order valence-corrected chi connectivity index (χ3v) is 4.96. The van der Waals surface area contributed by atoms with E-state index in [-0.39, 0.29) is 0 Å². The Hall–Kier alpha value is -1.36. The Bertz CT molecular complexity index is 448. The maximum Gasteiger partial charge on any atom is 0.0860 e. The molecule has 1 rings (SSSR count). The number of hydrogen-bond acceptors (Lipinski definition) is 4. The second-order valence-corrected chi connectivity index (χ2v) is 7.22. The van der Waals surface area contributed by atoms with E-state index in [0.717, 1.165) is 10.2 Å². The highest BCUT2D eigenvalue weighted by molar-refractivity contribution is 6.39. The van der Waals surface area contributed by atoms with E-state index in [9.17, 15) is 0 Å². The normalized spacial score (nSPS) is 10.7. The summed E-state index contributed by atoms with van der Waals surface area (Å²) in [6.07, 6.45) is 0. The Labute approximate surface area is 127 Å². The second-order valence-electron chi connectivity index (χ2n) is 6.22. The van der Waals surface area contributed by atoms with Crippen LogP contribution in [-0.2, 0) is 0 Å². The number of anilines is 4. The summed E-state index contributed by atoms with van der Waals surface area (Å²) >= 11 is 0. The molecule has 0 aliphatic rings. The molecule has 0 heterocycles. The van der Waals surface area contributed by atoms with Crippen LogP contribution in [0.1, 0.15) is 5.56 Å². The van der Waals surface area contributed by atoms with Crippen LogP contribution >= 0.6 is 0 Å². The van der Waals surface area contributed by atoms with Gasteiger partial charge in [0.05, 0.1) is 22.7 Å². The van der Waals surface area contributed by atoms with Crippen LogP contribution in [0.4, 0.5) is 22.7 Å². The number of benzene rings is 1. The number of rotatable bonds is 4. The van der Waals surface area contributed by atoms with Crippen LogP contribution in [0, 0.1) is 6.92 Å². The Morgan fingerprint density at radius 2 is 0.850 bits per heavy atom. The molecule has 0 aliphatic heterocycles. The lowest BCUT2D eigenvalue weighted by Gasteiger charge is -2.35. The lowest BCUT2D eigenvalue weighted by atomic mass is 10.0. The predicted molar refractivity (Wildman–Crippen MR) is 98.1 cm³/mol. The Balaban J connectivity index is 3.93. The van der Waals surface area contributed by atoms with Crippen molar-refractivity contribution in [3.05, 3.63) is 5.56 Å². The van der Waals surface area contributed by atoms with E-state index in [4.69, 9.17) is 0 Å². The van der Waals surface area contributed by atoms with E-state index in [0.29, 0.717) is 0 Å². The lowest BCUT2D eigenvalue weighted by molar-refractivity contribution is 1.02. The molecule has 0 aromatic heterocycles. The van der Waals surface area contributed by atoms with Crippen molar-refractivity contribution in [1.29, 1.82) is 0 Å². The first-order chi connectivity index (χ1) is 9.11. The largest absolute Gasteiger partial charge is 0.376 e. The van der Waals surface area contributed by atoms with Crippen molar-refractivity contribution < 1.29 is 0 Å². The first-order valence-electron chi connectivity index (χ1n) is 6.97. The summed E-state index contributed by atoms with van der Waals surface area (Å²) in [6, 6.07) is 0. The zero-order valence-corrected chi connectivity index (χ0v) is 16.8. The van der Waals surface area contributed by atoms with Crippen molar-refractivity contribution in [2.24, 2.45) is 0 Å². The Kier molecular flexibility index (Phi) is 4.97. The van der Waals surface area contributed by atoms with E-state index in [1.54, 1.807) is 0 Å². The van der Waals surface area contributed by atoms with Gasteiger partial charge >= 0.3 is 0 Å². The molecule has 0 saturated carbocycles. The Morgan fingerprint density at radius 1 is 0.550 bits per heavy atom. The van der Waals surface area contributed by atoms with E-state index in [1.165, 1.54) is 33.5 Å². The standard InChI is InChI=1S/C15H30N4Si/c1-10-11(16(2)3)12(17(4)5)13(18(6)7)14(15(10)20)19(8)9/h1-9,20H3. The summed E-state index contributed by atoms with van der Waals surface area (Å²) in [4.78, 5) is 8.94. The molecule has 0 radical (unpaired) electrons. The zero-order chi connectivity index (χ0) is 15.8. The van der Waals surface area contributed by atoms with Crippen LogP contribution in [0.25, 0.3) is 0 Å². The van der Waals surface area contributed by atoms with Crippen LogP contribution in [0.3, 0.4) is 0 Å². The van der Waals surface area contributed by atoms with Gasteiger partial charge in [0.2, 0.25) is 0 Å². The zero-order valence-electron chi connectivity index (χ0n) is 14.8. The van der Waals surface area contributed by atoms with Gasteiger partial charge in [0.15, 0.2) is 0 Å². The van der Waals surface area contributed by atoms with Gasteiger partial charge in [0.25, 0.3) is 0 Å². The summed E-state index contributed by atoms with van der Waals surface area (Å²) < 4.78 is 0. The van der Waals surface area contributed by atoms with Crippen molar-refractivity contribution >= 4 is 38.2 Å². The molecule has 1 aromatic carbocycles. The SMILES string of the molecule is Cc1c([SiH3])c(N(C)C)c(N(C)C)c(N(C)C)c1N(C)C. The Morgan fingerprint density at radius 3 is 1.15 bits per heavy atom. The van der Waals surface area contributed by atoms with E-state index in [2.05, 4.69) is 82.9 Å². The van der Waals surface area contributed by atoms with Gasteiger partial charge in [0, 0.05) is 66.6 Å². The van der Waals surface area contributed by atoms with Crippen LogP contribution in [0.5, 0.6) is 0 Å². The molecular formula is C15H30N4Si.